The van der Waals surface area contributed by atoms with Gasteiger partial charge in [0.05, 0.1) is 16.4 Å². The van der Waals surface area contributed by atoms with Crippen LogP contribution >= 0.6 is 23.1 Å². The maximum Gasteiger partial charge on any atom is 0.196 e. The van der Waals surface area contributed by atoms with Gasteiger partial charge in [-0.15, -0.1) is 21.5 Å². The Bertz CT molecular complexity index is 1100. The fourth-order valence-electron chi connectivity index (χ4n) is 3.03. The molecule has 3 aromatic heterocycles. The van der Waals surface area contributed by atoms with E-state index in [0.29, 0.717) is 0 Å². The van der Waals surface area contributed by atoms with Gasteiger partial charge < -0.3 is 0 Å². The first-order valence-corrected chi connectivity index (χ1v) is 11.5. The van der Waals surface area contributed by atoms with Crippen molar-refractivity contribution in [2.24, 2.45) is 0 Å². The second kappa shape index (κ2) is 8.88. The second-order valence-electron chi connectivity index (χ2n) is 6.92. The van der Waals surface area contributed by atoms with Crippen LogP contribution in [0.4, 0.5) is 0 Å². The van der Waals surface area contributed by atoms with E-state index in [9.17, 15) is 0 Å². The molecule has 5 nitrogen and oxygen atoms in total. The summed E-state index contributed by atoms with van der Waals surface area (Å²) in [5, 5.41) is 13.2. The Kier molecular flexibility index (Phi) is 6.06. The first-order valence-electron chi connectivity index (χ1n) is 9.65. The number of benzene rings is 1. The lowest BCUT2D eigenvalue weighted by molar-refractivity contribution is 0.881. The third-order valence-corrected chi connectivity index (χ3v) is 6.65. The molecule has 0 atom stereocenters. The van der Waals surface area contributed by atoms with Crippen molar-refractivity contribution in [1.29, 1.82) is 0 Å². The van der Waals surface area contributed by atoms with Crippen molar-refractivity contribution in [3.63, 3.8) is 0 Å². The van der Waals surface area contributed by atoms with Crippen LogP contribution in [0.15, 0.2) is 53.3 Å². The molecule has 0 aliphatic carbocycles. The summed E-state index contributed by atoms with van der Waals surface area (Å²) in [6, 6.07) is 10.4. The highest BCUT2D eigenvalue weighted by molar-refractivity contribution is 7.98. The quantitative estimate of drug-likeness (QED) is 0.361. The summed E-state index contributed by atoms with van der Waals surface area (Å²) in [7, 11) is 0. The molecule has 7 heteroatoms. The monoisotopic (exact) mass is 421 g/mol. The van der Waals surface area contributed by atoms with Crippen molar-refractivity contribution in [3.8, 4) is 17.1 Å². The Balaban J connectivity index is 1.69. The molecular weight excluding hydrogens is 398 g/mol. The molecule has 0 unspecified atom stereocenters. The van der Waals surface area contributed by atoms with Crippen LogP contribution in [-0.2, 0) is 12.2 Å². The van der Waals surface area contributed by atoms with Crippen LogP contribution in [-0.4, -0.2) is 24.7 Å². The third kappa shape index (κ3) is 4.41. The smallest absolute Gasteiger partial charge is 0.196 e. The van der Waals surface area contributed by atoms with Crippen molar-refractivity contribution in [2.45, 2.75) is 44.5 Å². The van der Waals surface area contributed by atoms with Crippen molar-refractivity contribution in [3.05, 3.63) is 69.9 Å². The highest BCUT2D eigenvalue weighted by atomic mass is 32.2. The number of thiazole rings is 1. The molecule has 0 aliphatic heterocycles. The van der Waals surface area contributed by atoms with E-state index in [2.05, 4.69) is 64.1 Å². The predicted octanol–water partition coefficient (Wildman–Crippen LogP) is 5.65. The number of pyridine rings is 1. The van der Waals surface area contributed by atoms with Gasteiger partial charge in [-0.3, -0.25) is 9.55 Å². The summed E-state index contributed by atoms with van der Waals surface area (Å²) in [5.41, 5.74) is 5.68. The normalized spacial score (nSPS) is 11.1. The average molecular weight is 422 g/mol. The topological polar surface area (TPSA) is 56.5 Å². The van der Waals surface area contributed by atoms with Crippen molar-refractivity contribution in [2.75, 3.05) is 0 Å². The number of thioether (sulfide) groups is 1. The summed E-state index contributed by atoms with van der Waals surface area (Å²) in [5.74, 6) is 1.60. The SMILES string of the molecule is CCCc1nc(CSc2nnc(-c3ccncc3)n2-c2ccc(C)c(C)c2)cs1. The van der Waals surface area contributed by atoms with Crippen molar-refractivity contribution >= 4 is 23.1 Å². The third-order valence-electron chi connectivity index (χ3n) is 4.73. The van der Waals surface area contributed by atoms with Crippen LogP contribution in [0.2, 0.25) is 0 Å². The molecule has 3 heterocycles. The summed E-state index contributed by atoms with van der Waals surface area (Å²) >= 11 is 3.41. The molecule has 0 fully saturated rings. The second-order valence-corrected chi connectivity index (χ2v) is 8.80. The van der Waals surface area contributed by atoms with Gasteiger partial charge in [0, 0.05) is 29.1 Å². The minimum Gasteiger partial charge on any atom is -0.270 e. The van der Waals surface area contributed by atoms with E-state index < -0.39 is 0 Å². The molecule has 0 aliphatic rings. The molecule has 29 heavy (non-hydrogen) atoms. The van der Waals surface area contributed by atoms with Gasteiger partial charge in [-0.1, -0.05) is 24.8 Å². The molecule has 0 saturated carbocycles. The number of aromatic nitrogens is 5. The molecular formula is C22H23N5S2. The van der Waals surface area contributed by atoms with Crippen LogP contribution in [0, 0.1) is 13.8 Å². The number of hydrogen-bond donors (Lipinski definition) is 0. The summed E-state index contributed by atoms with van der Waals surface area (Å²) in [4.78, 5) is 8.87. The van der Waals surface area contributed by atoms with E-state index in [1.165, 1.54) is 16.1 Å². The van der Waals surface area contributed by atoms with Gasteiger partial charge >= 0.3 is 0 Å². The van der Waals surface area contributed by atoms with Crippen molar-refractivity contribution < 1.29 is 0 Å². The predicted molar refractivity (Wildman–Crippen MR) is 120 cm³/mol. The van der Waals surface area contributed by atoms with Gasteiger partial charge in [0.2, 0.25) is 0 Å². The fourth-order valence-corrected chi connectivity index (χ4v) is 4.88. The van der Waals surface area contributed by atoms with Gasteiger partial charge in [-0.25, -0.2) is 4.98 Å². The zero-order valence-corrected chi connectivity index (χ0v) is 18.4. The Morgan fingerprint density at radius 1 is 1.03 bits per heavy atom. The Hall–Kier alpha value is -2.51. The van der Waals surface area contributed by atoms with E-state index in [-0.39, 0.29) is 0 Å². The van der Waals surface area contributed by atoms with Crippen LogP contribution in [0.5, 0.6) is 0 Å². The summed E-state index contributed by atoms with van der Waals surface area (Å²) in [6.07, 6.45) is 5.73. The first kappa shape index (κ1) is 19.8. The standard InChI is InChI=1S/C22H23N5S2/c1-4-5-20-24-18(13-28-20)14-29-22-26-25-21(17-8-10-23-11-9-17)27(22)19-7-6-15(2)16(3)12-19/h6-13H,4-5,14H2,1-3H3. The maximum absolute atomic E-state index is 4.74. The van der Waals surface area contributed by atoms with Gasteiger partial charge in [0.1, 0.15) is 0 Å². The van der Waals surface area contributed by atoms with E-state index in [4.69, 9.17) is 4.98 Å². The fraction of sp³-hybridized carbons (Fsp3) is 0.273. The molecule has 0 amide bonds. The van der Waals surface area contributed by atoms with E-state index in [0.717, 1.165) is 46.5 Å². The number of hydrogen-bond acceptors (Lipinski definition) is 6. The van der Waals surface area contributed by atoms with Gasteiger partial charge in [-0.2, -0.15) is 0 Å². The molecule has 0 N–H and O–H groups in total. The molecule has 1 aromatic carbocycles. The minimum absolute atomic E-state index is 0.777. The zero-order chi connectivity index (χ0) is 20.2. The van der Waals surface area contributed by atoms with E-state index in [1.807, 2.05) is 12.1 Å². The Labute approximate surface area is 179 Å². The van der Waals surface area contributed by atoms with Crippen LogP contribution in [0.3, 0.4) is 0 Å². The van der Waals surface area contributed by atoms with Gasteiger partial charge in [0.25, 0.3) is 0 Å². The largest absolute Gasteiger partial charge is 0.270 e. The zero-order valence-electron chi connectivity index (χ0n) is 16.8. The highest BCUT2D eigenvalue weighted by Crippen LogP contribution is 2.30. The van der Waals surface area contributed by atoms with Gasteiger partial charge in [-0.05, 0) is 62.1 Å². The Morgan fingerprint density at radius 2 is 1.86 bits per heavy atom. The van der Waals surface area contributed by atoms with Crippen LogP contribution in [0.25, 0.3) is 17.1 Å². The molecule has 0 radical (unpaired) electrons. The van der Waals surface area contributed by atoms with Crippen LogP contribution in [0.1, 0.15) is 35.2 Å². The molecule has 4 rings (SSSR count). The van der Waals surface area contributed by atoms with Crippen molar-refractivity contribution in [1.82, 2.24) is 24.7 Å². The van der Waals surface area contributed by atoms with Crippen LogP contribution < -0.4 is 0 Å². The average Bonchev–Trinajstić information content (AvgIpc) is 3.36. The maximum atomic E-state index is 4.74. The molecule has 0 spiro atoms. The number of rotatable bonds is 7. The first-order chi connectivity index (χ1) is 14.2. The molecule has 0 saturated heterocycles. The highest BCUT2D eigenvalue weighted by Gasteiger charge is 2.17. The molecule has 4 aromatic rings. The van der Waals surface area contributed by atoms with E-state index in [1.54, 1.807) is 35.5 Å². The summed E-state index contributed by atoms with van der Waals surface area (Å²) < 4.78 is 2.13. The summed E-state index contributed by atoms with van der Waals surface area (Å²) in [6.45, 7) is 6.44. The number of aryl methyl sites for hydroxylation is 3. The Morgan fingerprint density at radius 3 is 2.62 bits per heavy atom. The minimum atomic E-state index is 0.777. The van der Waals surface area contributed by atoms with Gasteiger partial charge in [0.15, 0.2) is 11.0 Å². The molecule has 148 valence electrons. The lowest BCUT2D eigenvalue weighted by Gasteiger charge is -2.12. The van der Waals surface area contributed by atoms with E-state index >= 15 is 0 Å². The molecule has 0 bridgehead atoms. The number of nitrogens with zero attached hydrogens (tertiary/aromatic N) is 5. The lowest BCUT2D eigenvalue weighted by atomic mass is 10.1. The lowest BCUT2D eigenvalue weighted by Crippen LogP contribution is -2.01.